The van der Waals surface area contributed by atoms with Crippen molar-refractivity contribution in [1.29, 1.82) is 0 Å². The van der Waals surface area contributed by atoms with Crippen LogP contribution in [0.2, 0.25) is 0 Å². The summed E-state index contributed by atoms with van der Waals surface area (Å²) in [6.45, 7) is 2.77. The van der Waals surface area contributed by atoms with Gasteiger partial charge in [0.05, 0.1) is 5.60 Å². The van der Waals surface area contributed by atoms with Gasteiger partial charge in [0.25, 0.3) is 0 Å². The molecule has 2 rings (SSSR count). The first-order valence-electron chi connectivity index (χ1n) is 6.40. The van der Waals surface area contributed by atoms with E-state index in [0.717, 1.165) is 31.7 Å². The number of hydrogen-bond acceptors (Lipinski definition) is 4. The van der Waals surface area contributed by atoms with Gasteiger partial charge in [0, 0.05) is 26.1 Å². The van der Waals surface area contributed by atoms with Crippen molar-refractivity contribution in [3.05, 3.63) is 12.2 Å². The van der Waals surface area contributed by atoms with Crippen molar-refractivity contribution in [1.82, 2.24) is 14.8 Å². The van der Waals surface area contributed by atoms with E-state index in [-0.39, 0.29) is 11.6 Å². The topological polar surface area (TPSA) is 66.0 Å². The van der Waals surface area contributed by atoms with E-state index < -0.39 is 0 Å². The first kappa shape index (κ1) is 12.5. The van der Waals surface area contributed by atoms with Crippen LogP contribution in [-0.2, 0) is 18.2 Å². The van der Waals surface area contributed by atoms with Crippen LogP contribution in [-0.4, -0.2) is 33.0 Å². The predicted octanol–water partition coefficient (Wildman–Crippen LogP) is 1.03. The maximum atomic E-state index is 6.35. The summed E-state index contributed by atoms with van der Waals surface area (Å²) in [7, 11) is 1.90. The van der Waals surface area contributed by atoms with E-state index in [4.69, 9.17) is 10.5 Å². The zero-order chi connectivity index (χ0) is 12.3. The first-order chi connectivity index (χ1) is 8.18. The van der Waals surface area contributed by atoms with E-state index in [1.807, 2.05) is 14.0 Å². The van der Waals surface area contributed by atoms with Gasteiger partial charge in [-0.25, -0.2) is 4.98 Å². The molecule has 0 aliphatic heterocycles. The molecule has 0 radical (unpaired) electrons. The van der Waals surface area contributed by atoms with Gasteiger partial charge in [0.2, 0.25) is 0 Å². The third kappa shape index (κ3) is 2.50. The van der Waals surface area contributed by atoms with Gasteiger partial charge in [-0.2, -0.15) is 5.10 Å². The van der Waals surface area contributed by atoms with Crippen LogP contribution in [0.15, 0.2) is 6.33 Å². The molecule has 1 atom stereocenters. The average Bonchev–Trinajstić information content (AvgIpc) is 2.91. The number of aromatic nitrogens is 3. The minimum atomic E-state index is -0.138. The molecule has 2 N–H and O–H groups in total. The fourth-order valence-electron chi connectivity index (χ4n) is 2.77. The van der Waals surface area contributed by atoms with Gasteiger partial charge in [0.1, 0.15) is 12.2 Å². The van der Waals surface area contributed by atoms with Crippen LogP contribution in [0.25, 0.3) is 0 Å². The predicted molar refractivity (Wildman–Crippen MR) is 65.5 cm³/mol. The molecule has 1 unspecified atom stereocenters. The van der Waals surface area contributed by atoms with Crippen LogP contribution in [0, 0.1) is 0 Å². The fraction of sp³-hybridized carbons (Fsp3) is 0.833. The molecule has 96 valence electrons. The number of hydrogen-bond donors (Lipinski definition) is 1. The monoisotopic (exact) mass is 238 g/mol. The Hall–Kier alpha value is -0.940. The summed E-state index contributed by atoms with van der Waals surface area (Å²) in [4.78, 5) is 4.23. The number of aryl methyl sites for hydroxylation is 1. The highest BCUT2D eigenvalue weighted by Crippen LogP contribution is 2.36. The third-order valence-corrected chi connectivity index (χ3v) is 3.77. The molecule has 1 saturated carbocycles. The minimum absolute atomic E-state index is 0.00727. The van der Waals surface area contributed by atoms with E-state index in [2.05, 4.69) is 10.1 Å². The lowest BCUT2D eigenvalue weighted by Gasteiger charge is -2.34. The summed E-state index contributed by atoms with van der Waals surface area (Å²) >= 11 is 0. The van der Waals surface area contributed by atoms with E-state index in [1.54, 1.807) is 11.0 Å². The molecule has 17 heavy (non-hydrogen) atoms. The van der Waals surface area contributed by atoms with Gasteiger partial charge in [-0.3, -0.25) is 4.68 Å². The summed E-state index contributed by atoms with van der Waals surface area (Å²) in [6, 6.07) is 0.00727. The molecule has 0 amide bonds. The van der Waals surface area contributed by atoms with Crippen molar-refractivity contribution in [3.8, 4) is 0 Å². The Balaban J connectivity index is 2.07. The molecule has 0 spiro atoms. The van der Waals surface area contributed by atoms with Crippen LogP contribution in [0.1, 0.15) is 38.4 Å². The molecule has 1 aliphatic carbocycles. The highest BCUT2D eigenvalue weighted by molar-refractivity contribution is 5.01. The van der Waals surface area contributed by atoms with Crippen molar-refractivity contribution >= 4 is 0 Å². The van der Waals surface area contributed by atoms with E-state index in [9.17, 15) is 0 Å². The lowest BCUT2D eigenvalue weighted by Crippen LogP contribution is -2.49. The minimum Gasteiger partial charge on any atom is -0.374 e. The second-order valence-electron chi connectivity index (χ2n) is 4.82. The first-order valence-corrected chi connectivity index (χ1v) is 6.40. The van der Waals surface area contributed by atoms with Crippen molar-refractivity contribution in [2.45, 2.75) is 50.7 Å². The quantitative estimate of drug-likeness (QED) is 0.832. The van der Waals surface area contributed by atoms with Crippen molar-refractivity contribution < 1.29 is 4.74 Å². The maximum absolute atomic E-state index is 6.35. The Morgan fingerprint density at radius 2 is 2.24 bits per heavy atom. The summed E-state index contributed by atoms with van der Waals surface area (Å²) in [5, 5.41) is 4.07. The van der Waals surface area contributed by atoms with Crippen LogP contribution in [0.4, 0.5) is 0 Å². The van der Waals surface area contributed by atoms with Crippen molar-refractivity contribution in [2.24, 2.45) is 12.8 Å². The van der Waals surface area contributed by atoms with Crippen LogP contribution in [0.3, 0.4) is 0 Å². The standard InChI is InChI=1S/C12H22N4O/c1-3-17-12(6-4-5-7-12)10(13)8-11-14-9-15-16(11)2/h9-10H,3-8,13H2,1-2H3. The van der Waals surface area contributed by atoms with Gasteiger partial charge in [-0.05, 0) is 19.8 Å². The van der Waals surface area contributed by atoms with Crippen molar-refractivity contribution in [3.63, 3.8) is 0 Å². The number of nitrogens with two attached hydrogens (primary N) is 1. The van der Waals surface area contributed by atoms with Crippen LogP contribution < -0.4 is 5.73 Å². The third-order valence-electron chi connectivity index (χ3n) is 3.77. The molecule has 1 heterocycles. The SMILES string of the molecule is CCOC1(C(N)Cc2ncnn2C)CCCC1. The lowest BCUT2D eigenvalue weighted by atomic mass is 9.90. The summed E-state index contributed by atoms with van der Waals surface area (Å²) in [5.74, 6) is 0.934. The second kappa shape index (κ2) is 5.14. The summed E-state index contributed by atoms with van der Waals surface area (Å²) < 4.78 is 7.74. The van der Waals surface area contributed by atoms with E-state index >= 15 is 0 Å². The molecule has 1 aromatic rings. The Morgan fingerprint density at radius 1 is 1.53 bits per heavy atom. The Bertz CT molecular complexity index is 357. The summed E-state index contributed by atoms with van der Waals surface area (Å²) in [5.41, 5.74) is 6.22. The largest absolute Gasteiger partial charge is 0.374 e. The Kier molecular flexibility index (Phi) is 3.79. The normalized spacial score (nSPS) is 20.6. The fourth-order valence-corrected chi connectivity index (χ4v) is 2.77. The molecular weight excluding hydrogens is 216 g/mol. The number of ether oxygens (including phenoxy) is 1. The zero-order valence-corrected chi connectivity index (χ0v) is 10.7. The highest BCUT2D eigenvalue weighted by Gasteiger charge is 2.40. The van der Waals surface area contributed by atoms with Crippen molar-refractivity contribution in [2.75, 3.05) is 6.61 Å². The van der Waals surface area contributed by atoms with Gasteiger partial charge < -0.3 is 10.5 Å². The van der Waals surface area contributed by atoms with Crippen LogP contribution in [0.5, 0.6) is 0 Å². The molecule has 0 bridgehead atoms. The molecule has 5 nitrogen and oxygen atoms in total. The molecule has 5 heteroatoms. The number of rotatable bonds is 5. The van der Waals surface area contributed by atoms with E-state index in [0.29, 0.717) is 0 Å². The molecular formula is C12H22N4O. The molecule has 0 aromatic carbocycles. The average molecular weight is 238 g/mol. The summed E-state index contributed by atoms with van der Waals surface area (Å²) in [6.07, 6.45) is 6.87. The Morgan fingerprint density at radius 3 is 2.76 bits per heavy atom. The molecule has 1 aromatic heterocycles. The van der Waals surface area contributed by atoms with E-state index in [1.165, 1.54) is 12.8 Å². The molecule has 1 aliphatic rings. The van der Waals surface area contributed by atoms with Crippen LogP contribution >= 0.6 is 0 Å². The van der Waals surface area contributed by atoms with Gasteiger partial charge in [-0.15, -0.1) is 0 Å². The molecule has 0 saturated heterocycles. The zero-order valence-electron chi connectivity index (χ0n) is 10.7. The maximum Gasteiger partial charge on any atom is 0.138 e. The Labute approximate surface area is 102 Å². The number of nitrogens with zero attached hydrogens (tertiary/aromatic N) is 3. The molecule has 1 fully saturated rings. The van der Waals surface area contributed by atoms with Gasteiger partial charge in [0.15, 0.2) is 0 Å². The highest BCUT2D eigenvalue weighted by atomic mass is 16.5. The van der Waals surface area contributed by atoms with Gasteiger partial charge in [-0.1, -0.05) is 12.8 Å². The lowest BCUT2D eigenvalue weighted by molar-refractivity contribution is -0.0529. The second-order valence-corrected chi connectivity index (χ2v) is 4.82. The van der Waals surface area contributed by atoms with Gasteiger partial charge >= 0.3 is 0 Å². The smallest absolute Gasteiger partial charge is 0.138 e.